The van der Waals surface area contributed by atoms with E-state index in [0.29, 0.717) is 13.0 Å². The molecule has 2 rings (SSSR count). The first-order chi connectivity index (χ1) is 15.8. The number of cyclic esters (lactones) is 1. The summed E-state index contributed by atoms with van der Waals surface area (Å²) in [6.07, 6.45) is -0.395. The van der Waals surface area contributed by atoms with Crippen molar-refractivity contribution in [1.29, 1.82) is 0 Å². The third-order valence-electron chi connectivity index (χ3n) is 7.50. The van der Waals surface area contributed by atoms with Gasteiger partial charge in [-0.2, -0.15) is 0 Å². The number of benzene rings is 1. The van der Waals surface area contributed by atoms with Crippen molar-refractivity contribution in [2.24, 2.45) is 17.8 Å². The highest BCUT2D eigenvalue weighted by molar-refractivity contribution is 6.74. The van der Waals surface area contributed by atoms with E-state index in [1.165, 1.54) is 12.0 Å². The molecule has 0 spiro atoms. The number of carbonyl (C=O) groups is 2. The Kier molecular flexibility index (Phi) is 9.88. The highest BCUT2D eigenvalue weighted by Gasteiger charge is 2.47. The Labute approximate surface area is 206 Å². The van der Waals surface area contributed by atoms with Gasteiger partial charge in [-0.05, 0) is 42.0 Å². The summed E-state index contributed by atoms with van der Waals surface area (Å²) in [6, 6.07) is 9.52. The Balaban J connectivity index is 2.30. The molecule has 1 aliphatic heterocycles. The van der Waals surface area contributed by atoms with E-state index in [2.05, 4.69) is 47.7 Å². The third kappa shape index (κ3) is 6.90. The average Bonchev–Trinajstić information content (AvgIpc) is 3.13. The quantitative estimate of drug-likeness (QED) is 0.232. The molecule has 1 saturated heterocycles. The van der Waals surface area contributed by atoms with Gasteiger partial charge in [-0.1, -0.05) is 71.9 Å². The highest BCUT2D eigenvalue weighted by atomic mass is 28.4. The van der Waals surface area contributed by atoms with Gasteiger partial charge in [-0.3, -0.25) is 4.79 Å². The summed E-state index contributed by atoms with van der Waals surface area (Å²) in [5.74, 6) is -0.707. The Bertz CT molecular complexity index is 809. The average molecular weight is 494 g/mol. The van der Waals surface area contributed by atoms with Crippen LogP contribution < -0.4 is 0 Å². The molecule has 1 heterocycles. The molecule has 1 fully saturated rings. The van der Waals surface area contributed by atoms with Crippen molar-refractivity contribution in [1.82, 2.24) is 4.90 Å². The molecule has 8 heteroatoms. The Morgan fingerprint density at radius 2 is 1.79 bits per heavy atom. The van der Waals surface area contributed by atoms with Gasteiger partial charge in [-0.15, -0.1) is 0 Å². The molecule has 0 aromatic heterocycles. The van der Waals surface area contributed by atoms with Gasteiger partial charge in [0.1, 0.15) is 6.61 Å². The summed E-state index contributed by atoms with van der Waals surface area (Å²) in [4.78, 5) is 37.7. The molecule has 5 atom stereocenters. The van der Waals surface area contributed by atoms with E-state index in [1.807, 2.05) is 37.3 Å². The van der Waals surface area contributed by atoms with Crippen LogP contribution in [0.4, 0.5) is 4.79 Å². The molecule has 0 bridgehead atoms. The molecular weight excluding hydrogens is 450 g/mol. The lowest BCUT2D eigenvalue weighted by Gasteiger charge is -2.44. The normalized spacial score (nSPS) is 20.6. The second-order valence-electron chi connectivity index (χ2n) is 11.0. The fraction of sp³-hybridized carbons (Fsp3) is 0.692. The Hall–Kier alpha value is -1.74. The molecule has 192 valence electrons. The number of imide groups is 1. The topological polar surface area (TPSA) is 74.3 Å². The Morgan fingerprint density at radius 1 is 1.18 bits per heavy atom. The van der Waals surface area contributed by atoms with Crippen LogP contribution in [0.1, 0.15) is 47.1 Å². The van der Waals surface area contributed by atoms with Crippen LogP contribution in [0.15, 0.2) is 30.3 Å². The van der Waals surface area contributed by atoms with Gasteiger partial charge < -0.3 is 9.16 Å². The molecule has 1 aliphatic rings. The summed E-state index contributed by atoms with van der Waals surface area (Å²) >= 11 is 0. The predicted octanol–water partition coefficient (Wildman–Crippen LogP) is 5.45. The first kappa shape index (κ1) is 28.5. The molecule has 7 nitrogen and oxygen atoms in total. The maximum Gasteiger partial charge on any atom is 0.416 e. The number of nitrogens with zero attached hydrogens (tertiary/aromatic N) is 1. The highest BCUT2D eigenvalue weighted by Crippen LogP contribution is 2.40. The fourth-order valence-electron chi connectivity index (χ4n) is 3.96. The van der Waals surface area contributed by atoms with Gasteiger partial charge in [0.25, 0.3) is 0 Å². The monoisotopic (exact) mass is 493 g/mol. The van der Waals surface area contributed by atoms with Crippen molar-refractivity contribution in [2.75, 3.05) is 20.3 Å². The van der Waals surface area contributed by atoms with E-state index in [9.17, 15) is 9.59 Å². The molecule has 2 unspecified atom stereocenters. The number of amides is 2. The first-order valence-electron chi connectivity index (χ1n) is 12.2. The van der Waals surface area contributed by atoms with E-state index in [1.54, 1.807) is 0 Å². The molecule has 0 N–H and O–H groups in total. The van der Waals surface area contributed by atoms with E-state index in [4.69, 9.17) is 18.9 Å². The fourth-order valence-corrected chi connectivity index (χ4v) is 5.41. The van der Waals surface area contributed by atoms with Gasteiger partial charge in [0.2, 0.25) is 5.91 Å². The Morgan fingerprint density at radius 3 is 2.35 bits per heavy atom. The standard InChI is InChI=1S/C26H43NO6Si/c1-18(16-32-30-7)19(2)23(33-34(8,9)26(4,5)6)20(3)24(28)27-22(17-31-25(27)29)15-21-13-11-10-12-14-21/h10-14,18-20,22-23H,15-17H2,1-9H3/t18-,19+,20-,22?,23?/m0/s1. The lowest BCUT2D eigenvalue weighted by Crippen LogP contribution is -2.53. The lowest BCUT2D eigenvalue weighted by molar-refractivity contribution is -0.282. The van der Waals surface area contributed by atoms with Gasteiger partial charge >= 0.3 is 6.09 Å². The number of hydrogen-bond donors (Lipinski definition) is 0. The third-order valence-corrected chi connectivity index (χ3v) is 12.0. The van der Waals surface area contributed by atoms with Gasteiger partial charge in [0.05, 0.1) is 31.8 Å². The predicted molar refractivity (Wildman–Crippen MR) is 135 cm³/mol. The largest absolute Gasteiger partial charge is 0.447 e. The van der Waals surface area contributed by atoms with E-state index in [-0.39, 0.29) is 41.5 Å². The van der Waals surface area contributed by atoms with E-state index < -0.39 is 20.3 Å². The summed E-state index contributed by atoms with van der Waals surface area (Å²) < 4.78 is 12.2. The number of hydrogen-bond acceptors (Lipinski definition) is 6. The van der Waals surface area contributed by atoms with Crippen LogP contribution >= 0.6 is 0 Å². The summed E-state index contributed by atoms with van der Waals surface area (Å²) in [5, 5.41) is -0.0254. The minimum atomic E-state index is -2.21. The van der Waals surface area contributed by atoms with Gasteiger partial charge in [0.15, 0.2) is 8.32 Å². The number of ether oxygens (including phenoxy) is 1. The van der Waals surface area contributed by atoms with Gasteiger partial charge in [-0.25, -0.2) is 19.5 Å². The minimum absolute atomic E-state index is 0.00516. The molecule has 0 radical (unpaired) electrons. The number of carbonyl (C=O) groups excluding carboxylic acids is 2. The molecule has 0 saturated carbocycles. The molecule has 2 amide bonds. The summed E-state index contributed by atoms with van der Waals surface area (Å²) in [5.41, 5.74) is 1.06. The van der Waals surface area contributed by atoms with Crippen LogP contribution in [0.3, 0.4) is 0 Å². The first-order valence-corrected chi connectivity index (χ1v) is 15.1. The van der Waals surface area contributed by atoms with Crippen molar-refractivity contribution in [3.05, 3.63) is 35.9 Å². The van der Waals surface area contributed by atoms with Crippen molar-refractivity contribution in [3.63, 3.8) is 0 Å². The van der Waals surface area contributed by atoms with Crippen LogP contribution in [0, 0.1) is 17.8 Å². The maximum atomic E-state index is 13.8. The molecule has 34 heavy (non-hydrogen) atoms. The van der Waals surface area contributed by atoms with Crippen LogP contribution in [-0.4, -0.2) is 57.7 Å². The number of rotatable bonds is 11. The molecule has 1 aromatic rings. The maximum absolute atomic E-state index is 13.8. The van der Waals surface area contributed by atoms with E-state index >= 15 is 0 Å². The van der Waals surface area contributed by atoms with E-state index in [0.717, 1.165) is 5.56 Å². The smallest absolute Gasteiger partial charge is 0.416 e. The van der Waals surface area contributed by atoms with Crippen LogP contribution in [0.25, 0.3) is 0 Å². The minimum Gasteiger partial charge on any atom is -0.447 e. The SMILES string of the molecule is COOC[C@H](C)[C@@H](C)C(O[Si](C)(C)C(C)(C)C)[C@H](C)C(=O)N1C(=O)OCC1Cc1ccccc1. The zero-order valence-electron chi connectivity index (χ0n) is 22.3. The second kappa shape index (κ2) is 11.8. The van der Waals surface area contributed by atoms with Crippen LogP contribution in [-0.2, 0) is 30.2 Å². The van der Waals surface area contributed by atoms with Crippen molar-refractivity contribution in [2.45, 2.75) is 78.2 Å². The van der Waals surface area contributed by atoms with Crippen molar-refractivity contribution < 1.29 is 28.5 Å². The molecule has 0 aliphatic carbocycles. The second-order valence-corrected chi connectivity index (χ2v) is 15.8. The van der Waals surface area contributed by atoms with Crippen LogP contribution in [0.2, 0.25) is 18.1 Å². The lowest BCUT2D eigenvalue weighted by atomic mass is 9.84. The zero-order chi connectivity index (χ0) is 25.7. The van der Waals surface area contributed by atoms with Crippen molar-refractivity contribution in [3.8, 4) is 0 Å². The zero-order valence-corrected chi connectivity index (χ0v) is 23.3. The van der Waals surface area contributed by atoms with Crippen molar-refractivity contribution >= 4 is 20.3 Å². The summed E-state index contributed by atoms with van der Waals surface area (Å²) in [6.45, 7) is 17.5. The molecule has 1 aromatic carbocycles. The van der Waals surface area contributed by atoms with Crippen LogP contribution in [0.5, 0.6) is 0 Å². The summed E-state index contributed by atoms with van der Waals surface area (Å²) in [7, 11) is -0.725. The molecular formula is C26H43NO6Si. The van der Waals surface area contributed by atoms with Gasteiger partial charge in [0, 0.05) is 0 Å².